The van der Waals surface area contributed by atoms with Crippen LogP contribution in [0, 0.1) is 0 Å². The summed E-state index contributed by atoms with van der Waals surface area (Å²) >= 11 is 10.9. The van der Waals surface area contributed by atoms with Gasteiger partial charge in [-0.05, 0) is 11.1 Å². The van der Waals surface area contributed by atoms with E-state index in [1.54, 1.807) is 0 Å². The molecule has 0 N–H and O–H groups in total. The van der Waals surface area contributed by atoms with Gasteiger partial charge >= 0.3 is 0 Å². The van der Waals surface area contributed by atoms with Crippen molar-refractivity contribution < 1.29 is 0 Å². The Morgan fingerprint density at radius 3 is 1.16 bits per heavy atom. The molecule has 2 aromatic rings. The van der Waals surface area contributed by atoms with Gasteiger partial charge in [0, 0.05) is 44.7 Å². The highest BCUT2D eigenvalue weighted by molar-refractivity contribution is 7.80. The van der Waals surface area contributed by atoms with Gasteiger partial charge in [0.1, 0.15) is 9.98 Å². The highest BCUT2D eigenvalue weighted by Gasteiger charge is 2.23. The number of thiocarbonyl (C=S) groups is 2. The zero-order valence-electron chi connectivity index (χ0n) is 15.8. The average molecular weight is 371 g/mol. The Bertz CT molecular complexity index is 692. The van der Waals surface area contributed by atoms with E-state index in [9.17, 15) is 0 Å². The molecule has 2 aromatic carbocycles. The third kappa shape index (κ3) is 4.25. The minimum Gasteiger partial charge on any atom is -0.368 e. The van der Waals surface area contributed by atoms with E-state index in [2.05, 4.69) is 62.4 Å². The molecule has 0 fully saturated rings. The van der Waals surface area contributed by atoms with Crippen LogP contribution in [0.5, 0.6) is 0 Å². The zero-order chi connectivity index (χ0) is 18.8. The standard InChI is InChI=1S/C21H26N2S2/c1-21(2,17-11-7-15(8-12-17)19(24)22(3)4)18-13-9-16(10-14-18)20(25)23(5)6/h7-14H,1-6H3. The Morgan fingerprint density at radius 2 is 0.920 bits per heavy atom. The summed E-state index contributed by atoms with van der Waals surface area (Å²) in [4.78, 5) is 5.63. The molecule has 25 heavy (non-hydrogen) atoms. The largest absolute Gasteiger partial charge is 0.368 e. The molecule has 2 nitrogen and oxygen atoms in total. The van der Waals surface area contributed by atoms with Crippen molar-refractivity contribution in [3.05, 3.63) is 70.8 Å². The maximum atomic E-state index is 5.44. The first kappa shape index (κ1) is 19.5. The zero-order valence-corrected chi connectivity index (χ0v) is 17.5. The van der Waals surface area contributed by atoms with Gasteiger partial charge in [-0.2, -0.15) is 0 Å². The molecule has 2 rings (SSSR count). The first-order valence-corrected chi connectivity index (χ1v) is 9.10. The fraction of sp³-hybridized carbons (Fsp3) is 0.333. The number of hydrogen-bond donors (Lipinski definition) is 0. The summed E-state index contributed by atoms with van der Waals surface area (Å²) in [5.41, 5.74) is 4.59. The minimum absolute atomic E-state index is 0.0868. The lowest BCUT2D eigenvalue weighted by Gasteiger charge is -2.27. The van der Waals surface area contributed by atoms with Crippen molar-refractivity contribution in [3.8, 4) is 0 Å². The Hall–Kier alpha value is -1.78. The lowest BCUT2D eigenvalue weighted by molar-refractivity contribution is 0.632. The number of nitrogens with zero attached hydrogens (tertiary/aromatic N) is 2. The molecule has 0 aromatic heterocycles. The number of benzene rings is 2. The van der Waals surface area contributed by atoms with Crippen molar-refractivity contribution >= 4 is 34.4 Å². The number of rotatable bonds is 4. The van der Waals surface area contributed by atoms with Gasteiger partial charge in [0.05, 0.1) is 0 Å². The van der Waals surface area contributed by atoms with E-state index in [4.69, 9.17) is 24.4 Å². The molecular formula is C21H26N2S2. The molecule has 0 aliphatic heterocycles. The van der Waals surface area contributed by atoms with Crippen LogP contribution in [0.3, 0.4) is 0 Å². The molecule has 0 radical (unpaired) electrons. The molecule has 0 aliphatic rings. The molecule has 0 unspecified atom stereocenters. The summed E-state index contributed by atoms with van der Waals surface area (Å²) < 4.78 is 0. The van der Waals surface area contributed by atoms with E-state index in [0.29, 0.717) is 0 Å². The summed E-state index contributed by atoms with van der Waals surface area (Å²) in [6.45, 7) is 4.48. The predicted molar refractivity (Wildman–Crippen MR) is 116 cm³/mol. The molecule has 0 saturated carbocycles. The Kier molecular flexibility index (Phi) is 5.96. The van der Waals surface area contributed by atoms with Crippen molar-refractivity contribution in [2.75, 3.05) is 28.2 Å². The smallest absolute Gasteiger partial charge is 0.108 e. The van der Waals surface area contributed by atoms with Crippen molar-refractivity contribution in [1.82, 2.24) is 9.80 Å². The molecule has 0 aliphatic carbocycles. The minimum atomic E-state index is -0.0868. The van der Waals surface area contributed by atoms with Gasteiger partial charge in [0.15, 0.2) is 0 Å². The van der Waals surface area contributed by atoms with Crippen molar-refractivity contribution in [2.24, 2.45) is 0 Å². The summed E-state index contributed by atoms with van der Waals surface area (Å²) in [6, 6.07) is 17.1. The summed E-state index contributed by atoms with van der Waals surface area (Å²) in [5.74, 6) is 0. The second-order valence-electron chi connectivity index (χ2n) is 7.18. The summed E-state index contributed by atoms with van der Waals surface area (Å²) in [7, 11) is 7.89. The Labute approximate surface area is 162 Å². The summed E-state index contributed by atoms with van der Waals surface area (Å²) in [6.07, 6.45) is 0. The summed E-state index contributed by atoms with van der Waals surface area (Å²) in [5, 5.41) is 0. The third-order valence-corrected chi connectivity index (χ3v) is 5.72. The van der Waals surface area contributed by atoms with Crippen LogP contribution in [0.4, 0.5) is 0 Å². The van der Waals surface area contributed by atoms with Crippen molar-refractivity contribution in [3.63, 3.8) is 0 Å². The van der Waals surface area contributed by atoms with E-state index < -0.39 is 0 Å². The van der Waals surface area contributed by atoms with Crippen LogP contribution in [0.1, 0.15) is 36.1 Å². The fourth-order valence-electron chi connectivity index (χ4n) is 2.74. The van der Waals surface area contributed by atoms with Crippen LogP contribution < -0.4 is 0 Å². The Morgan fingerprint density at radius 1 is 0.640 bits per heavy atom. The maximum absolute atomic E-state index is 5.44. The molecule has 0 atom stereocenters. The average Bonchev–Trinajstić information content (AvgIpc) is 2.60. The van der Waals surface area contributed by atoms with E-state index in [1.807, 2.05) is 38.0 Å². The third-order valence-electron chi connectivity index (χ3n) is 4.52. The van der Waals surface area contributed by atoms with E-state index in [0.717, 1.165) is 21.1 Å². The highest BCUT2D eigenvalue weighted by atomic mass is 32.1. The van der Waals surface area contributed by atoms with Crippen LogP contribution in [-0.2, 0) is 5.41 Å². The van der Waals surface area contributed by atoms with Gasteiger partial charge in [-0.25, -0.2) is 0 Å². The van der Waals surface area contributed by atoms with E-state index in [1.165, 1.54) is 11.1 Å². The van der Waals surface area contributed by atoms with Crippen molar-refractivity contribution in [1.29, 1.82) is 0 Å². The lowest BCUT2D eigenvalue weighted by Crippen LogP contribution is -2.22. The van der Waals surface area contributed by atoms with Gasteiger partial charge < -0.3 is 9.80 Å². The van der Waals surface area contributed by atoms with Gasteiger partial charge in [0.2, 0.25) is 0 Å². The molecule has 0 heterocycles. The second kappa shape index (κ2) is 7.63. The molecule has 0 bridgehead atoms. The molecular weight excluding hydrogens is 344 g/mol. The topological polar surface area (TPSA) is 6.48 Å². The van der Waals surface area contributed by atoms with Gasteiger partial charge in [0.25, 0.3) is 0 Å². The normalized spacial score (nSPS) is 11.1. The van der Waals surface area contributed by atoms with Gasteiger partial charge in [-0.15, -0.1) is 0 Å². The Balaban J connectivity index is 2.29. The second-order valence-corrected chi connectivity index (χ2v) is 7.95. The van der Waals surface area contributed by atoms with Crippen molar-refractivity contribution in [2.45, 2.75) is 19.3 Å². The SMILES string of the molecule is CN(C)C(=S)c1ccc(C(C)(C)c2ccc(C(=S)N(C)C)cc2)cc1. The number of hydrogen-bond acceptors (Lipinski definition) is 2. The van der Waals surface area contributed by atoms with Crippen LogP contribution in [0.2, 0.25) is 0 Å². The van der Waals surface area contributed by atoms with Crippen LogP contribution in [0.15, 0.2) is 48.5 Å². The monoisotopic (exact) mass is 370 g/mol. The molecule has 0 saturated heterocycles. The van der Waals surface area contributed by atoms with Crippen LogP contribution in [-0.4, -0.2) is 48.0 Å². The first-order valence-electron chi connectivity index (χ1n) is 8.29. The quantitative estimate of drug-likeness (QED) is 0.732. The fourth-order valence-corrected chi connectivity index (χ4v) is 3.01. The predicted octanol–water partition coefficient (Wildman–Crippen LogP) is 4.49. The first-order chi connectivity index (χ1) is 11.6. The van der Waals surface area contributed by atoms with Crippen LogP contribution in [0.25, 0.3) is 0 Å². The van der Waals surface area contributed by atoms with E-state index in [-0.39, 0.29) is 5.41 Å². The van der Waals surface area contributed by atoms with Gasteiger partial charge in [-0.3, -0.25) is 0 Å². The molecule has 132 valence electrons. The lowest BCUT2D eigenvalue weighted by atomic mass is 9.78. The highest BCUT2D eigenvalue weighted by Crippen LogP contribution is 2.32. The molecule has 4 heteroatoms. The van der Waals surface area contributed by atoms with Gasteiger partial charge in [-0.1, -0.05) is 86.8 Å². The van der Waals surface area contributed by atoms with E-state index >= 15 is 0 Å². The van der Waals surface area contributed by atoms with Crippen LogP contribution >= 0.6 is 24.4 Å². The molecule has 0 spiro atoms. The maximum Gasteiger partial charge on any atom is 0.108 e. The molecule has 0 amide bonds.